The number of aliphatic hydroxyl groups excluding tert-OH is 1. The quantitative estimate of drug-likeness (QED) is 0.358. The van der Waals surface area contributed by atoms with Gasteiger partial charge in [0.05, 0.1) is 25.8 Å². The molecule has 10 heteroatoms. The molecule has 0 heterocycles. The second-order valence-corrected chi connectivity index (χ2v) is 10.9. The highest BCUT2D eigenvalue weighted by atomic mass is 16.6. The zero-order chi connectivity index (χ0) is 29.9. The van der Waals surface area contributed by atoms with Crippen molar-refractivity contribution in [1.82, 2.24) is 15.5 Å². The van der Waals surface area contributed by atoms with Gasteiger partial charge in [-0.2, -0.15) is 0 Å². The van der Waals surface area contributed by atoms with Gasteiger partial charge in [0.1, 0.15) is 11.6 Å². The number of aliphatic hydroxyl groups is 1. The second-order valence-electron chi connectivity index (χ2n) is 10.9. The predicted octanol–water partition coefficient (Wildman–Crippen LogP) is 3.92. The molecule has 0 spiro atoms. The van der Waals surface area contributed by atoms with Crippen LogP contribution in [0.2, 0.25) is 0 Å². The van der Waals surface area contributed by atoms with Gasteiger partial charge >= 0.3 is 18.1 Å². The lowest BCUT2D eigenvalue weighted by molar-refractivity contribution is -0.143. The number of ether oxygens (including phenoxy) is 2. The fourth-order valence-corrected chi connectivity index (χ4v) is 3.97. The van der Waals surface area contributed by atoms with E-state index in [0.717, 1.165) is 10.5 Å². The van der Waals surface area contributed by atoms with Crippen molar-refractivity contribution in [2.45, 2.75) is 71.2 Å². The Labute approximate surface area is 236 Å². The number of carbonyl (C=O) groups is 4. The summed E-state index contributed by atoms with van der Waals surface area (Å²) >= 11 is 0. The summed E-state index contributed by atoms with van der Waals surface area (Å²) in [4.78, 5) is 52.8. The Morgan fingerprint density at radius 3 is 2.02 bits per heavy atom. The monoisotopic (exact) mass is 555 g/mol. The maximum Gasteiger partial charge on any atom is 0.407 e. The van der Waals surface area contributed by atoms with Crippen LogP contribution in [0.5, 0.6) is 0 Å². The van der Waals surface area contributed by atoms with E-state index in [2.05, 4.69) is 10.6 Å². The molecule has 0 saturated heterocycles. The van der Waals surface area contributed by atoms with E-state index in [9.17, 15) is 24.3 Å². The number of methoxy groups -OCH3 is 1. The Hall–Kier alpha value is -3.92. The number of esters is 1. The summed E-state index contributed by atoms with van der Waals surface area (Å²) < 4.78 is 10.2. The number of urea groups is 1. The highest BCUT2D eigenvalue weighted by Gasteiger charge is 2.33. The zero-order valence-corrected chi connectivity index (χ0v) is 24.0. The van der Waals surface area contributed by atoms with E-state index in [1.54, 1.807) is 51.1 Å². The first-order chi connectivity index (χ1) is 18.8. The molecule has 0 aromatic heterocycles. The van der Waals surface area contributed by atoms with Gasteiger partial charge in [0.2, 0.25) is 0 Å². The van der Waals surface area contributed by atoms with Crippen molar-refractivity contribution in [3.8, 4) is 0 Å². The van der Waals surface area contributed by atoms with Crippen molar-refractivity contribution >= 4 is 24.0 Å². The molecule has 0 aliphatic carbocycles. The van der Waals surface area contributed by atoms with Crippen molar-refractivity contribution in [2.24, 2.45) is 5.92 Å². The molecule has 218 valence electrons. The van der Waals surface area contributed by atoms with Gasteiger partial charge in [0.15, 0.2) is 0 Å². The van der Waals surface area contributed by atoms with Crippen molar-refractivity contribution in [1.29, 1.82) is 0 Å². The highest BCUT2D eigenvalue weighted by molar-refractivity contribution is 6.04. The minimum Gasteiger partial charge on any atom is -0.467 e. The molecular formula is C30H41N3O7. The maximum atomic E-state index is 13.5. The largest absolute Gasteiger partial charge is 0.467 e. The first-order valence-corrected chi connectivity index (χ1v) is 13.3. The van der Waals surface area contributed by atoms with Gasteiger partial charge < -0.3 is 25.2 Å². The van der Waals surface area contributed by atoms with Gasteiger partial charge in [-0.05, 0) is 57.2 Å². The van der Waals surface area contributed by atoms with Gasteiger partial charge in [-0.25, -0.2) is 14.4 Å². The molecule has 2 aromatic rings. The Balaban J connectivity index is 2.37. The summed E-state index contributed by atoms with van der Waals surface area (Å²) in [6, 6.07) is 14.5. The molecule has 3 N–H and O–H groups in total. The molecule has 0 radical (unpaired) electrons. The minimum atomic E-state index is -1.38. The summed E-state index contributed by atoms with van der Waals surface area (Å²) in [7, 11) is 1.22. The maximum absolute atomic E-state index is 13.5. The number of nitrogens with zero attached hydrogens (tertiary/aromatic N) is 1. The van der Waals surface area contributed by atoms with E-state index in [4.69, 9.17) is 9.47 Å². The van der Waals surface area contributed by atoms with Crippen LogP contribution in [0.1, 0.15) is 57.0 Å². The summed E-state index contributed by atoms with van der Waals surface area (Å²) in [5, 5.41) is 16.6. The fraction of sp³-hybridized carbons (Fsp3) is 0.467. The summed E-state index contributed by atoms with van der Waals surface area (Å²) in [6.45, 7) is 8.45. The normalized spacial score (nSPS) is 13.5. The number of amides is 4. The van der Waals surface area contributed by atoms with Crippen LogP contribution in [-0.2, 0) is 20.7 Å². The number of imide groups is 1. The topological polar surface area (TPSA) is 134 Å². The minimum absolute atomic E-state index is 0.0431. The van der Waals surface area contributed by atoms with E-state index in [1.807, 2.05) is 44.2 Å². The molecule has 40 heavy (non-hydrogen) atoms. The standard InChI is InChI=1S/C30H41N3O7/c1-20(2)17-24(27(36)39-6)31-28(37)33(26(35)22-15-11-8-12-16-22)19-25(34)23(18-21-13-9-7-10-14-21)32-29(38)40-30(3,4)5/h7-16,20,23-25,34H,17-19H2,1-6H3,(H,31,37)(H,32,38)/t23-,24-,25-/m1/s1. The zero-order valence-electron chi connectivity index (χ0n) is 24.0. The molecule has 3 atom stereocenters. The van der Waals surface area contributed by atoms with Gasteiger partial charge in [0, 0.05) is 5.56 Å². The molecule has 0 fully saturated rings. The van der Waals surface area contributed by atoms with Crippen LogP contribution >= 0.6 is 0 Å². The van der Waals surface area contributed by atoms with Crippen LogP contribution in [0.3, 0.4) is 0 Å². The molecule has 0 aliphatic rings. The second kappa shape index (κ2) is 15.0. The van der Waals surface area contributed by atoms with Gasteiger partial charge in [-0.1, -0.05) is 62.4 Å². The Kier molecular flexibility index (Phi) is 12.1. The lowest BCUT2D eigenvalue weighted by Gasteiger charge is -2.31. The van der Waals surface area contributed by atoms with Crippen LogP contribution in [0.15, 0.2) is 60.7 Å². The third-order valence-corrected chi connectivity index (χ3v) is 5.84. The lowest BCUT2D eigenvalue weighted by Crippen LogP contribution is -2.56. The molecule has 0 saturated carbocycles. The Bertz CT molecular complexity index is 1120. The van der Waals surface area contributed by atoms with E-state index < -0.39 is 54.3 Å². The number of benzene rings is 2. The first kappa shape index (κ1) is 32.3. The SMILES string of the molecule is COC(=O)[C@@H](CC(C)C)NC(=O)N(C[C@@H](O)[C@@H](Cc1ccccc1)NC(=O)OC(C)(C)C)C(=O)c1ccccc1. The molecule has 0 aliphatic heterocycles. The molecule has 2 rings (SSSR count). The van der Waals surface area contributed by atoms with Crippen LogP contribution in [0.25, 0.3) is 0 Å². The summed E-state index contributed by atoms with van der Waals surface area (Å²) in [6.07, 6.45) is -1.65. The number of carbonyl (C=O) groups excluding carboxylic acids is 4. The Morgan fingerprint density at radius 1 is 0.925 bits per heavy atom. The molecule has 0 bridgehead atoms. The third kappa shape index (κ3) is 10.7. The smallest absolute Gasteiger partial charge is 0.407 e. The molecule has 10 nitrogen and oxygen atoms in total. The van der Waals surface area contributed by atoms with Gasteiger partial charge in [0.25, 0.3) is 5.91 Å². The number of hydrogen-bond acceptors (Lipinski definition) is 7. The van der Waals surface area contributed by atoms with Gasteiger partial charge in [-0.15, -0.1) is 0 Å². The van der Waals surface area contributed by atoms with Crippen LogP contribution in [-0.4, -0.2) is 71.5 Å². The van der Waals surface area contributed by atoms with E-state index in [0.29, 0.717) is 0 Å². The molecular weight excluding hydrogens is 514 g/mol. The molecule has 0 unspecified atom stereocenters. The first-order valence-electron chi connectivity index (χ1n) is 13.3. The third-order valence-electron chi connectivity index (χ3n) is 5.84. The average molecular weight is 556 g/mol. The van der Waals surface area contributed by atoms with E-state index >= 15 is 0 Å². The highest BCUT2D eigenvalue weighted by Crippen LogP contribution is 2.14. The van der Waals surface area contributed by atoms with Crippen LogP contribution in [0.4, 0.5) is 9.59 Å². The summed E-state index contributed by atoms with van der Waals surface area (Å²) in [5.74, 6) is -1.29. The fourth-order valence-electron chi connectivity index (χ4n) is 3.97. The van der Waals surface area contributed by atoms with Crippen molar-refractivity contribution in [3.05, 3.63) is 71.8 Å². The van der Waals surface area contributed by atoms with Crippen molar-refractivity contribution in [3.63, 3.8) is 0 Å². The number of alkyl carbamates (subject to hydrolysis) is 1. The summed E-state index contributed by atoms with van der Waals surface area (Å²) in [5.41, 5.74) is 0.250. The van der Waals surface area contributed by atoms with Gasteiger partial charge in [-0.3, -0.25) is 9.69 Å². The number of nitrogens with one attached hydrogen (secondary N) is 2. The molecule has 2 aromatic carbocycles. The van der Waals surface area contributed by atoms with Crippen LogP contribution < -0.4 is 10.6 Å². The van der Waals surface area contributed by atoms with Crippen molar-refractivity contribution < 1.29 is 33.8 Å². The lowest BCUT2D eigenvalue weighted by atomic mass is 10.0. The number of rotatable bonds is 11. The number of hydrogen-bond donors (Lipinski definition) is 3. The predicted molar refractivity (Wildman–Crippen MR) is 151 cm³/mol. The Morgan fingerprint density at radius 2 is 1.50 bits per heavy atom. The molecule has 4 amide bonds. The van der Waals surface area contributed by atoms with E-state index in [-0.39, 0.29) is 24.3 Å². The van der Waals surface area contributed by atoms with Crippen molar-refractivity contribution in [2.75, 3.05) is 13.7 Å². The van der Waals surface area contributed by atoms with E-state index in [1.165, 1.54) is 7.11 Å². The van der Waals surface area contributed by atoms with Crippen LogP contribution in [0, 0.1) is 5.92 Å². The average Bonchev–Trinajstić information content (AvgIpc) is 2.89.